The molecule has 0 N–H and O–H groups in total. The second-order valence-electron chi connectivity index (χ2n) is 12.8. The molecule has 1 aromatic rings. The Hall–Kier alpha value is 1.05. The highest BCUT2D eigenvalue weighted by atomic mass is 35.5. The molecule has 7 rings (SSSR count). The normalized spacial score (nSPS) is 54.1. The SMILES string of the molecule is ClC1C(Cc2ccc(CC3C(Cl)C4(Cl)C=CC3(Cl)C4)c(CC3C(Cl)C4(Cl)C=CC3(Cl)C4)c2)C2(Cl)C=CC1(Cl)C2. The van der Waals surface area contributed by atoms with Gasteiger partial charge in [0, 0.05) is 17.8 Å². The first-order chi connectivity index (χ1) is 18.1. The second kappa shape index (κ2) is 9.05. The molecule has 0 radical (unpaired) electrons. The minimum absolute atomic E-state index is 0.00543. The van der Waals surface area contributed by atoms with Crippen molar-refractivity contribution < 1.29 is 0 Å². The Balaban J connectivity index is 1.23. The van der Waals surface area contributed by atoms with Gasteiger partial charge in [-0.25, -0.2) is 0 Å². The Labute approximate surface area is 275 Å². The van der Waals surface area contributed by atoms with Crippen LogP contribution in [0.2, 0.25) is 0 Å². The molecule has 12 unspecified atom stereocenters. The smallest absolute Gasteiger partial charge is 0.0813 e. The summed E-state index contributed by atoms with van der Waals surface area (Å²) in [4.78, 5) is -3.46. The predicted octanol–water partition coefficient (Wildman–Crippen LogP) is 9.77. The summed E-state index contributed by atoms with van der Waals surface area (Å²) in [5.74, 6) is -0.0111. The Morgan fingerprint density at radius 1 is 0.487 bits per heavy atom. The zero-order chi connectivity index (χ0) is 27.8. The summed E-state index contributed by atoms with van der Waals surface area (Å²) in [6, 6.07) is 6.62. The van der Waals surface area contributed by atoms with Crippen molar-refractivity contribution in [3.8, 4) is 0 Å². The molecule has 0 aliphatic heterocycles. The Bertz CT molecular complexity index is 1330. The van der Waals surface area contributed by atoms with Crippen LogP contribution in [0.25, 0.3) is 0 Å². The van der Waals surface area contributed by atoms with Gasteiger partial charge >= 0.3 is 0 Å². The predicted molar refractivity (Wildman–Crippen MR) is 170 cm³/mol. The molecule has 210 valence electrons. The number of benzene rings is 1. The molecule has 9 heteroatoms. The van der Waals surface area contributed by atoms with E-state index < -0.39 is 29.2 Å². The van der Waals surface area contributed by atoms with E-state index in [1.165, 1.54) is 11.1 Å². The van der Waals surface area contributed by atoms with Gasteiger partial charge in [0.2, 0.25) is 0 Å². The van der Waals surface area contributed by atoms with Crippen LogP contribution in [0.4, 0.5) is 0 Å². The summed E-state index contributed by atoms with van der Waals surface area (Å²) < 4.78 is 0. The lowest BCUT2D eigenvalue weighted by Crippen LogP contribution is -2.37. The quantitative estimate of drug-likeness (QED) is 0.204. The molecule has 1 aromatic carbocycles. The first kappa shape index (κ1) is 28.8. The average molecular weight is 707 g/mol. The lowest BCUT2D eigenvalue weighted by molar-refractivity contribution is 0.459. The van der Waals surface area contributed by atoms with Crippen molar-refractivity contribution >= 4 is 104 Å². The van der Waals surface area contributed by atoms with Crippen molar-refractivity contribution in [2.75, 3.05) is 0 Å². The van der Waals surface area contributed by atoms with Crippen LogP contribution in [0.5, 0.6) is 0 Å². The third-order valence-corrected chi connectivity index (χ3v) is 15.9. The maximum atomic E-state index is 7.13. The van der Waals surface area contributed by atoms with E-state index in [4.69, 9.17) is 104 Å². The highest BCUT2D eigenvalue weighted by molar-refractivity contribution is 6.39. The standard InChI is InChI=1S/C30H27Cl9/c31-22-19(25(34)3-6-28(22,37)13-25)10-16-1-2-17(11-20-23(32)29(38)7-4-26(20,35)14-29)18(9-16)12-21-24(33)30(39)8-5-27(21,36)15-30/h1-9,19-24H,10-15H2. The molecular weight excluding hydrogens is 679 g/mol. The van der Waals surface area contributed by atoms with Crippen LogP contribution in [0.3, 0.4) is 0 Å². The Morgan fingerprint density at radius 2 is 0.846 bits per heavy atom. The van der Waals surface area contributed by atoms with Crippen molar-refractivity contribution in [3.63, 3.8) is 0 Å². The first-order valence-corrected chi connectivity index (χ1v) is 17.0. The highest BCUT2D eigenvalue weighted by Crippen LogP contribution is 2.62. The van der Waals surface area contributed by atoms with Gasteiger partial charge in [0.15, 0.2) is 0 Å². The van der Waals surface area contributed by atoms with Crippen molar-refractivity contribution in [2.24, 2.45) is 17.8 Å². The zero-order valence-corrected chi connectivity index (χ0v) is 27.6. The number of hydrogen-bond acceptors (Lipinski definition) is 0. The fraction of sp³-hybridized carbons (Fsp3) is 0.600. The van der Waals surface area contributed by atoms with Gasteiger partial charge in [-0.2, -0.15) is 0 Å². The monoisotopic (exact) mass is 702 g/mol. The van der Waals surface area contributed by atoms with Crippen LogP contribution in [-0.4, -0.2) is 45.4 Å². The summed E-state index contributed by atoms with van der Waals surface area (Å²) in [7, 11) is 0. The summed E-state index contributed by atoms with van der Waals surface area (Å²) in [6.45, 7) is 0. The lowest BCUT2D eigenvalue weighted by Gasteiger charge is -2.34. The van der Waals surface area contributed by atoms with Gasteiger partial charge in [-0.05, 0) is 55.2 Å². The molecule has 0 amide bonds. The van der Waals surface area contributed by atoms with Crippen LogP contribution in [0.1, 0.15) is 36.0 Å². The summed E-state index contributed by atoms with van der Waals surface area (Å²) in [6.07, 6.45) is 16.0. The largest absolute Gasteiger partial charge is 0.120 e. The van der Waals surface area contributed by atoms with Gasteiger partial charge < -0.3 is 0 Å². The van der Waals surface area contributed by atoms with Crippen molar-refractivity contribution in [1.82, 2.24) is 0 Å². The van der Waals surface area contributed by atoms with Crippen LogP contribution in [0.15, 0.2) is 54.7 Å². The van der Waals surface area contributed by atoms with E-state index in [-0.39, 0.29) is 33.9 Å². The fourth-order valence-electron chi connectivity index (χ4n) is 8.24. The molecule has 6 bridgehead atoms. The topological polar surface area (TPSA) is 0 Å². The molecule has 12 atom stereocenters. The number of allylic oxidation sites excluding steroid dienone is 6. The van der Waals surface area contributed by atoms with E-state index >= 15 is 0 Å². The number of halogens is 9. The van der Waals surface area contributed by atoms with E-state index in [9.17, 15) is 0 Å². The summed E-state index contributed by atoms with van der Waals surface area (Å²) >= 11 is 62.6. The van der Waals surface area contributed by atoms with Gasteiger partial charge in [0.05, 0.1) is 45.4 Å². The van der Waals surface area contributed by atoms with Crippen LogP contribution in [-0.2, 0) is 19.3 Å². The summed E-state index contributed by atoms with van der Waals surface area (Å²) in [5.41, 5.74) is 3.52. The third kappa shape index (κ3) is 4.19. The van der Waals surface area contributed by atoms with Gasteiger partial charge in [-0.1, -0.05) is 54.7 Å². The van der Waals surface area contributed by atoms with Crippen molar-refractivity contribution in [3.05, 3.63) is 71.3 Å². The zero-order valence-electron chi connectivity index (χ0n) is 20.8. The van der Waals surface area contributed by atoms with E-state index in [0.717, 1.165) is 12.0 Å². The molecular formula is C30H27Cl9. The van der Waals surface area contributed by atoms with Crippen LogP contribution < -0.4 is 0 Å². The molecule has 3 fully saturated rings. The third-order valence-electron chi connectivity index (χ3n) is 10.4. The number of hydrogen-bond donors (Lipinski definition) is 0. The van der Waals surface area contributed by atoms with Crippen LogP contribution in [0, 0.1) is 17.8 Å². The molecule has 0 spiro atoms. The Morgan fingerprint density at radius 3 is 1.23 bits per heavy atom. The van der Waals surface area contributed by atoms with Crippen molar-refractivity contribution in [1.29, 1.82) is 0 Å². The number of fused-ring (bicyclic) bond motifs is 6. The highest BCUT2D eigenvalue weighted by Gasteiger charge is 2.63. The van der Waals surface area contributed by atoms with Gasteiger partial charge in [-0.15, -0.1) is 104 Å². The number of alkyl halides is 9. The molecule has 6 aliphatic rings. The van der Waals surface area contributed by atoms with E-state index in [2.05, 4.69) is 18.2 Å². The van der Waals surface area contributed by atoms with E-state index in [1.807, 2.05) is 36.5 Å². The molecule has 0 aromatic heterocycles. The van der Waals surface area contributed by atoms with E-state index in [0.29, 0.717) is 32.1 Å². The van der Waals surface area contributed by atoms with Gasteiger partial charge in [0.25, 0.3) is 0 Å². The summed E-state index contributed by atoms with van der Waals surface area (Å²) in [5, 5.41) is -0.788. The van der Waals surface area contributed by atoms with Gasteiger partial charge in [-0.3, -0.25) is 0 Å². The molecule has 0 saturated heterocycles. The van der Waals surface area contributed by atoms with E-state index in [1.54, 1.807) is 0 Å². The molecule has 6 aliphatic carbocycles. The molecule has 0 nitrogen and oxygen atoms in total. The molecule has 0 heterocycles. The maximum Gasteiger partial charge on any atom is 0.0813 e. The fourth-order valence-corrected chi connectivity index (χ4v) is 12.8. The van der Waals surface area contributed by atoms with Crippen LogP contribution >= 0.6 is 104 Å². The maximum absolute atomic E-state index is 7.13. The second-order valence-corrected chi connectivity index (χ2v) is 18.5. The minimum atomic E-state index is -0.617. The first-order valence-electron chi connectivity index (χ1n) is 13.4. The lowest BCUT2D eigenvalue weighted by atomic mass is 9.79. The van der Waals surface area contributed by atoms with Gasteiger partial charge in [0.1, 0.15) is 0 Å². The number of rotatable bonds is 6. The molecule has 39 heavy (non-hydrogen) atoms. The van der Waals surface area contributed by atoms with Crippen molar-refractivity contribution in [2.45, 2.75) is 83.9 Å². The minimum Gasteiger partial charge on any atom is -0.120 e. The molecule has 3 saturated carbocycles. The Kier molecular flexibility index (Phi) is 6.68. The average Bonchev–Trinajstić information content (AvgIpc) is 3.61.